The van der Waals surface area contributed by atoms with E-state index < -0.39 is 28.7 Å². The van der Waals surface area contributed by atoms with Gasteiger partial charge in [0.05, 0.1) is 30.1 Å². The fourth-order valence-electron chi connectivity index (χ4n) is 2.39. The summed E-state index contributed by atoms with van der Waals surface area (Å²) in [6, 6.07) is 4.52. The molecule has 0 radical (unpaired) electrons. The van der Waals surface area contributed by atoms with E-state index in [1.54, 1.807) is 12.4 Å². The first-order valence-corrected chi connectivity index (χ1v) is 8.56. The normalized spacial score (nSPS) is 12.8. The van der Waals surface area contributed by atoms with Gasteiger partial charge in [-0.3, -0.25) is 24.9 Å². The van der Waals surface area contributed by atoms with Crippen molar-refractivity contribution in [1.29, 1.82) is 0 Å². The van der Waals surface area contributed by atoms with Crippen LogP contribution in [0.5, 0.6) is 0 Å². The van der Waals surface area contributed by atoms with Crippen LogP contribution in [0.2, 0.25) is 0 Å². The zero-order valence-electron chi connectivity index (χ0n) is 15.8. The molecule has 156 valence electrons. The molecule has 0 bridgehead atoms. The molecule has 2 atom stereocenters. The Morgan fingerprint density at radius 2 is 1.89 bits per heavy atom. The fourth-order valence-corrected chi connectivity index (χ4v) is 2.39. The number of nitrogens with zero attached hydrogens (tertiary/aromatic N) is 1. The van der Waals surface area contributed by atoms with Gasteiger partial charge in [0.15, 0.2) is 0 Å². The maximum Gasteiger partial charge on any atom is 0.269 e. The van der Waals surface area contributed by atoms with Gasteiger partial charge in [0, 0.05) is 31.4 Å². The molecular weight excluding hydrogens is 374 g/mol. The number of methoxy groups -OCH3 is 1. The van der Waals surface area contributed by atoms with Crippen molar-refractivity contribution in [3.05, 3.63) is 39.9 Å². The molecule has 1 aromatic rings. The number of benzene rings is 1. The molecule has 0 saturated heterocycles. The van der Waals surface area contributed by atoms with E-state index in [2.05, 4.69) is 5.32 Å². The standard InChI is InChI=1S/C17H25N3O8/c1-3-27-11-28-10-14(8-13(9-26-2)17(22)19-23)18-16(21)12-4-6-15(7-5-12)20(24)25/h4-7,13-14,23H,3,8-11H2,1-2H3,(H,18,21)(H,19,22)/t13-,14+/m0/s1. The van der Waals surface area contributed by atoms with Crippen LogP contribution in [0.4, 0.5) is 5.69 Å². The second-order valence-corrected chi connectivity index (χ2v) is 5.82. The smallest absolute Gasteiger partial charge is 0.269 e. The van der Waals surface area contributed by atoms with Crippen LogP contribution in [0.15, 0.2) is 24.3 Å². The quantitative estimate of drug-likeness (QED) is 0.145. The number of nitrogens with one attached hydrogen (secondary N) is 2. The number of rotatable bonds is 13. The van der Waals surface area contributed by atoms with Crippen LogP contribution in [-0.2, 0) is 19.0 Å². The SMILES string of the molecule is CCOCOC[C@@H](C[C@@H](COC)C(=O)NO)NC(=O)c1ccc([N+](=O)[O-])cc1. The summed E-state index contributed by atoms with van der Waals surface area (Å²) in [5.74, 6) is -1.87. The highest BCUT2D eigenvalue weighted by atomic mass is 16.7. The van der Waals surface area contributed by atoms with Gasteiger partial charge in [0.25, 0.3) is 11.6 Å². The molecule has 0 aliphatic heterocycles. The molecule has 0 unspecified atom stereocenters. The second-order valence-electron chi connectivity index (χ2n) is 5.82. The first-order chi connectivity index (χ1) is 13.4. The lowest BCUT2D eigenvalue weighted by molar-refractivity contribution is -0.384. The molecule has 0 aromatic heterocycles. The van der Waals surface area contributed by atoms with Gasteiger partial charge in [-0.15, -0.1) is 0 Å². The van der Waals surface area contributed by atoms with E-state index in [0.717, 1.165) is 0 Å². The summed E-state index contributed by atoms with van der Waals surface area (Å²) in [4.78, 5) is 34.4. The van der Waals surface area contributed by atoms with Gasteiger partial charge in [0.1, 0.15) is 6.79 Å². The number of hydrogen-bond donors (Lipinski definition) is 3. The zero-order chi connectivity index (χ0) is 20.9. The van der Waals surface area contributed by atoms with Crippen molar-refractivity contribution in [2.45, 2.75) is 19.4 Å². The summed E-state index contributed by atoms with van der Waals surface area (Å²) in [6.07, 6.45) is 0.130. The molecule has 2 amide bonds. The summed E-state index contributed by atoms with van der Waals surface area (Å²) < 4.78 is 15.4. The van der Waals surface area contributed by atoms with E-state index in [1.165, 1.54) is 31.4 Å². The Hall–Kier alpha value is -2.60. The van der Waals surface area contributed by atoms with Crippen molar-refractivity contribution in [1.82, 2.24) is 10.8 Å². The number of hydroxylamine groups is 1. The zero-order valence-corrected chi connectivity index (χ0v) is 15.8. The summed E-state index contributed by atoms with van der Waals surface area (Å²) >= 11 is 0. The van der Waals surface area contributed by atoms with Crippen molar-refractivity contribution in [3.8, 4) is 0 Å². The third-order valence-electron chi connectivity index (χ3n) is 3.78. The summed E-state index contributed by atoms with van der Waals surface area (Å²) in [6.45, 7) is 2.36. The van der Waals surface area contributed by atoms with E-state index in [9.17, 15) is 19.7 Å². The maximum absolute atomic E-state index is 12.5. The minimum absolute atomic E-state index is 0.0154. The number of nitro groups is 1. The molecule has 28 heavy (non-hydrogen) atoms. The number of nitro benzene ring substituents is 1. The highest BCUT2D eigenvalue weighted by Gasteiger charge is 2.25. The molecule has 0 saturated carbocycles. The minimum atomic E-state index is -0.729. The molecule has 3 N–H and O–H groups in total. The molecule has 0 spiro atoms. The Kier molecular flexibility index (Phi) is 10.7. The first kappa shape index (κ1) is 23.4. The number of non-ortho nitro benzene ring substituents is 1. The predicted molar refractivity (Wildman–Crippen MR) is 96.7 cm³/mol. The fraction of sp³-hybridized carbons (Fsp3) is 0.529. The Balaban J connectivity index is 2.82. The number of carbonyl (C=O) groups is 2. The molecule has 11 heteroatoms. The van der Waals surface area contributed by atoms with Crippen LogP contribution >= 0.6 is 0 Å². The average molecular weight is 399 g/mol. The van der Waals surface area contributed by atoms with Gasteiger partial charge in [-0.25, -0.2) is 5.48 Å². The molecule has 0 aliphatic rings. The van der Waals surface area contributed by atoms with Crippen LogP contribution in [0.1, 0.15) is 23.7 Å². The van der Waals surface area contributed by atoms with E-state index in [0.29, 0.717) is 6.61 Å². The van der Waals surface area contributed by atoms with Gasteiger partial charge in [-0.1, -0.05) is 0 Å². The summed E-state index contributed by atoms with van der Waals surface area (Å²) in [7, 11) is 1.41. The van der Waals surface area contributed by atoms with Gasteiger partial charge < -0.3 is 19.5 Å². The Bertz CT molecular complexity index is 638. The lowest BCUT2D eigenvalue weighted by atomic mass is 10.00. The number of ether oxygens (including phenoxy) is 3. The Morgan fingerprint density at radius 3 is 2.43 bits per heavy atom. The average Bonchev–Trinajstić information content (AvgIpc) is 2.70. The number of carbonyl (C=O) groups excluding carboxylic acids is 2. The van der Waals surface area contributed by atoms with Crippen molar-refractivity contribution >= 4 is 17.5 Å². The van der Waals surface area contributed by atoms with Gasteiger partial charge in [-0.05, 0) is 25.5 Å². The molecule has 0 heterocycles. The molecule has 11 nitrogen and oxygen atoms in total. The number of amides is 2. The van der Waals surface area contributed by atoms with Crippen molar-refractivity contribution in [2.24, 2.45) is 5.92 Å². The molecule has 1 aromatic carbocycles. The van der Waals surface area contributed by atoms with Crippen LogP contribution < -0.4 is 10.8 Å². The largest absolute Gasteiger partial charge is 0.384 e. The summed E-state index contributed by atoms with van der Waals surface area (Å²) in [5, 5.41) is 22.3. The van der Waals surface area contributed by atoms with Crippen molar-refractivity contribution < 1.29 is 33.9 Å². The molecule has 0 fully saturated rings. The van der Waals surface area contributed by atoms with Crippen molar-refractivity contribution in [3.63, 3.8) is 0 Å². The lowest BCUT2D eigenvalue weighted by Gasteiger charge is -2.23. The lowest BCUT2D eigenvalue weighted by Crippen LogP contribution is -2.43. The van der Waals surface area contributed by atoms with Crippen LogP contribution in [0.25, 0.3) is 0 Å². The van der Waals surface area contributed by atoms with Crippen LogP contribution in [0, 0.1) is 16.0 Å². The highest BCUT2D eigenvalue weighted by molar-refractivity contribution is 5.94. The predicted octanol–water partition coefficient (Wildman–Crippen LogP) is 0.862. The third kappa shape index (κ3) is 7.96. The maximum atomic E-state index is 12.5. The van der Waals surface area contributed by atoms with Crippen LogP contribution in [0.3, 0.4) is 0 Å². The van der Waals surface area contributed by atoms with Crippen LogP contribution in [-0.4, -0.2) is 61.7 Å². The minimum Gasteiger partial charge on any atom is -0.384 e. The first-order valence-electron chi connectivity index (χ1n) is 8.56. The molecule has 1 rings (SSSR count). The van der Waals surface area contributed by atoms with E-state index in [1.807, 2.05) is 0 Å². The Morgan fingerprint density at radius 1 is 1.21 bits per heavy atom. The topological polar surface area (TPSA) is 149 Å². The van der Waals surface area contributed by atoms with Gasteiger partial charge >= 0.3 is 0 Å². The highest BCUT2D eigenvalue weighted by Crippen LogP contribution is 2.13. The molecule has 0 aliphatic carbocycles. The molecular formula is C17H25N3O8. The van der Waals surface area contributed by atoms with E-state index in [-0.39, 0.29) is 37.7 Å². The van der Waals surface area contributed by atoms with Gasteiger partial charge in [-0.2, -0.15) is 0 Å². The second kappa shape index (κ2) is 12.7. The monoisotopic (exact) mass is 399 g/mol. The van der Waals surface area contributed by atoms with Gasteiger partial charge in [0.2, 0.25) is 5.91 Å². The third-order valence-corrected chi connectivity index (χ3v) is 3.78. The van der Waals surface area contributed by atoms with Crippen molar-refractivity contribution in [2.75, 3.05) is 33.7 Å². The Labute approximate surface area is 162 Å². The van der Waals surface area contributed by atoms with E-state index >= 15 is 0 Å². The van der Waals surface area contributed by atoms with E-state index in [4.69, 9.17) is 19.4 Å². The number of hydrogen-bond acceptors (Lipinski definition) is 8. The summed E-state index contributed by atoms with van der Waals surface area (Å²) in [5.41, 5.74) is 1.66.